The molecule has 3 aromatic rings. The Balaban J connectivity index is 1.55. The highest BCUT2D eigenvalue weighted by Crippen LogP contribution is 2.27. The summed E-state index contributed by atoms with van der Waals surface area (Å²) in [4.78, 5) is 14.2. The van der Waals surface area contributed by atoms with E-state index in [9.17, 15) is 17.6 Å². The highest BCUT2D eigenvalue weighted by atomic mass is 32.2. The maximum atomic E-state index is 14.5. The molecule has 1 aliphatic rings. The fourth-order valence-electron chi connectivity index (χ4n) is 3.66. The van der Waals surface area contributed by atoms with Crippen LogP contribution in [0.5, 0.6) is 0 Å². The number of benzene rings is 2. The Morgan fingerprint density at radius 3 is 2.56 bits per heavy atom. The summed E-state index contributed by atoms with van der Waals surface area (Å²) in [6.07, 6.45) is 0.455. The Morgan fingerprint density at radius 1 is 1.16 bits per heavy atom. The van der Waals surface area contributed by atoms with E-state index in [1.54, 1.807) is 29.8 Å². The van der Waals surface area contributed by atoms with Gasteiger partial charge in [-0.1, -0.05) is 54.2 Å². The van der Waals surface area contributed by atoms with Crippen LogP contribution in [0.3, 0.4) is 0 Å². The van der Waals surface area contributed by atoms with Crippen LogP contribution in [0.15, 0.2) is 59.8 Å². The molecular weight excluding hydrogens is 451 g/mol. The van der Waals surface area contributed by atoms with Crippen molar-refractivity contribution in [2.45, 2.75) is 24.2 Å². The molecule has 1 saturated heterocycles. The predicted octanol–water partition coefficient (Wildman–Crippen LogP) is 2.87. The largest absolute Gasteiger partial charge is 0.341 e. The van der Waals surface area contributed by atoms with Gasteiger partial charge in [0.15, 0.2) is 20.8 Å². The van der Waals surface area contributed by atoms with Crippen molar-refractivity contribution in [3.8, 4) is 11.4 Å². The van der Waals surface area contributed by atoms with E-state index in [-0.39, 0.29) is 29.2 Å². The number of carbonyl (C=O) groups is 1. The van der Waals surface area contributed by atoms with Crippen LogP contribution in [-0.4, -0.2) is 64.3 Å². The van der Waals surface area contributed by atoms with Gasteiger partial charge in [0.1, 0.15) is 5.82 Å². The molecule has 1 fully saturated rings. The molecule has 1 atom stereocenters. The van der Waals surface area contributed by atoms with Crippen molar-refractivity contribution in [2.24, 2.45) is 0 Å². The lowest BCUT2D eigenvalue weighted by Crippen LogP contribution is -2.38. The molecule has 2 heterocycles. The van der Waals surface area contributed by atoms with Gasteiger partial charge in [-0.25, -0.2) is 12.8 Å². The van der Waals surface area contributed by atoms with Crippen LogP contribution < -0.4 is 0 Å². The second kappa shape index (κ2) is 9.41. The van der Waals surface area contributed by atoms with E-state index in [0.717, 1.165) is 5.56 Å². The van der Waals surface area contributed by atoms with Crippen LogP contribution in [0.2, 0.25) is 0 Å². The predicted molar refractivity (Wildman–Crippen MR) is 122 cm³/mol. The fraction of sp³-hybridized carbons (Fsp3) is 0.318. The van der Waals surface area contributed by atoms with Gasteiger partial charge in [-0.05, 0) is 24.1 Å². The second-order valence-electron chi connectivity index (χ2n) is 7.71. The van der Waals surface area contributed by atoms with Crippen molar-refractivity contribution in [3.05, 3.63) is 66.0 Å². The zero-order valence-electron chi connectivity index (χ0n) is 17.5. The monoisotopic (exact) mass is 474 g/mol. The van der Waals surface area contributed by atoms with Crippen LogP contribution in [0.4, 0.5) is 4.39 Å². The molecule has 0 spiro atoms. The number of sulfone groups is 1. The number of carbonyl (C=O) groups excluding carboxylic acids is 1. The number of amides is 1. The third kappa shape index (κ3) is 5.02. The normalized spacial score (nSPS) is 17.4. The van der Waals surface area contributed by atoms with Crippen LogP contribution in [-0.2, 0) is 21.2 Å². The lowest BCUT2D eigenvalue weighted by Gasteiger charge is -2.23. The molecule has 32 heavy (non-hydrogen) atoms. The van der Waals surface area contributed by atoms with Crippen LogP contribution in [0, 0.1) is 5.82 Å². The first-order valence-electron chi connectivity index (χ1n) is 10.1. The van der Waals surface area contributed by atoms with Crippen molar-refractivity contribution < 1.29 is 17.6 Å². The first kappa shape index (κ1) is 22.5. The van der Waals surface area contributed by atoms with E-state index in [1.165, 1.54) is 22.7 Å². The lowest BCUT2D eigenvalue weighted by molar-refractivity contribution is -0.128. The van der Waals surface area contributed by atoms with Gasteiger partial charge in [0.2, 0.25) is 5.91 Å². The van der Waals surface area contributed by atoms with E-state index in [0.29, 0.717) is 29.5 Å². The molecule has 0 aliphatic carbocycles. The molecule has 1 amide bonds. The maximum Gasteiger partial charge on any atom is 0.233 e. The molecule has 1 aromatic heterocycles. The van der Waals surface area contributed by atoms with Crippen LogP contribution in [0.1, 0.15) is 12.0 Å². The average Bonchev–Trinajstić information content (AvgIpc) is 3.35. The van der Waals surface area contributed by atoms with Crippen LogP contribution in [0.25, 0.3) is 11.4 Å². The number of rotatable bonds is 7. The summed E-state index contributed by atoms with van der Waals surface area (Å²) in [5.41, 5.74) is 1.33. The molecule has 7 nitrogen and oxygen atoms in total. The Hall–Kier alpha value is -2.72. The van der Waals surface area contributed by atoms with Gasteiger partial charge in [-0.3, -0.25) is 9.36 Å². The average molecular weight is 475 g/mol. The van der Waals surface area contributed by atoms with E-state index in [4.69, 9.17) is 0 Å². The van der Waals surface area contributed by atoms with Crippen molar-refractivity contribution in [1.82, 2.24) is 19.7 Å². The van der Waals surface area contributed by atoms with E-state index in [1.807, 2.05) is 30.3 Å². The first-order valence-corrected chi connectivity index (χ1v) is 13.0. The van der Waals surface area contributed by atoms with Crippen molar-refractivity contribution in [2.75, 3.05) is 24.3 Å². The second-order valence-corrected chi connectivity index (χ2v) is 10.9. The lowest BCUT2D eigenvalue weighted by atomic mass is 10.2. The Morgan fingerprint density at radius 2 is 1.88 bits per heavy atom. The maximum absolute atomic E-state index is 14.5. The molecule has 2 aromatic carbocycles. The van der Waals surface area contributed by atoms with E-state index < -0.39 is 15.7 Å². The smallest absolute Gasteiger partial charge is 0.233 e. The molecule has 0 bridgehead atoms. The minimum atomic E-state index is -3.08. The van der Waals surface area contributed by atoms with Crippen molar-refractivity contribution >= 4 is 27.5 Å². The zero-order valence-corrected chi connectivity index (χ0v) is 19.2. The van der Waals surface area contributed by atoms with Gasteiger partial charge in [-0.2, -0.15) is 0 Å². The molecule has 0 unspecified atom stereocenters. The number of hydrogen-bond donors (Lipinski definition) is 0. The number of thioether (sulfide) groups is 1. The van der Waals surface area contributed by atoms with Gasteiger partial charge in [0.25, 0.3) is 0 Å². The fourth-order valence-corrected chi connectivity index (χ4v) is 6.29. The number of hydrogen-bond acceptors (Lipinski definition) is 6. The number of aromatic nitrogens is 3. The Kier molecular flexibility index (Phi) is 6.61. The minimum Gasteiger partial charge on any atom is -0.341 e. The van der Waals surface area contributed by atoms with Gasteiger partial charge < -0.3 is 4.90 Å². The van der Waals surface area contributed by atoms with Crippen LogP contribution >= 0.6 is 11.8 Å². The molecule has 0 saturated carbocycles. The Labute approximate surface area is 190 Å². The summed E-state index contributed by atoms with van der Waals surface area (Å²) in [7, 11) is -1.44. The summed E-state index contributed by atoms with van der Waals surface area (Å²) in [6.45, 7) is 0.421. The van der Waals surface area contributed by atoms with Gasteiger partial charge in [0.05, 0.1) is 29.4 Å². The Bertz CT molecular complexity index is 1210. The van der Waals surface area contributed by atoms with Gasteiger partial charge in [-0.15, -0.1) is 10.2 Å². The zero-order chi connectivity index (χ0) is 22.7. The van der Waals surface area contributed by atoms with E-state index >= 15 is 0 Å². The minimum absolute atomic E-state index is 0.00152. The standard InChI is InChI=1S/C22H23FN4O3S2/c1-26(17-11-12-32(29,30)15-17)20(28)14-31-22-25-24-21(18-9-5-6-10-19(18)23)27(22)13-16-7-3-2-4-8-16/h2-10,17H,11-15H2,1H3/t17-/m1/s1. The summed E-state index contributed by atoms with van der Waals surface area (Å²) < 4.78 is 39.7. The topological polar surface area (TPSA) is 85.2 Å². The highest BCUT2D eigenvalue weighted by Gasteiger charge is 2.32. The molecule has 10 heteroatoms. The van der Waals surface area contributed by atoms with Gasteiger partial charge in [0, 0.05) is 13.1 Å². The molecule has 168 valence electrons. The molecular formula is C22H23FN4O3S2. The first-order chi connectivity index (χ1) is 15.3. The summed E-state index contributed by atoms with van der Waals surface area (Å²) in [6, 6.07) is 15.7. The molecule has 4 rings (SSSR count). The molecule has 0 N–H and O–H groups in total. The quantitative estimate of drug-likeness (QED) is 0.490. The SMILES string of the molecule is CN(C(=O)CSc1nnc(-c2ccccc2F)n1Cc1ccccc1)[C@@H]1CCS(=O)(=O)C1. The molecule has 0 radical (unpaired) electrons. The summed E-state index contributed by atoms with van der Waals surface area (Å²) in [5.74, 6) is -0.00142. The number of halogens is 1. The summed E-state index contributed by atoms with van der Waals surface area (Å²) >= 11 is 1.21. The van der Waals surface area contributed by atoms with Gasteiger partial charge >= 0.3 is 0 Å². The molecule has 1 aliphatic heterocycles. The third-order valence-electron chi connectivity index (χ3n) is 5.49. The van der Waals surface area contributed by atoms with E-state index in [2.05, 4.69) is 10.2 Å². The number of nitrogens with zero attached hydrogens (tertiary/aromatic N) is 4. The van der Waals surface area contributed by atoms with Crippen molar-refractivity contribution in [1.29, 1.82) is 0 Å². The third-order valence-corrected chi connectivity index (χ3v) is 8.19. The van der Waals surface area contributed by atoms with Crippen molar-refractivity contribution in [3.63, 3.8) is 0 Å². The highest BCUT2D eigenvalue weighted by molar-refractivity contribution is 7.99. The summed E-state index contributed by atoms with van der Waals surface area (Å²) in [5, 5.41) is 8.93.